The molecule has 1 nitrogen and oxygen atoms in total. The van der Waals surface area contributed by atoms with E-state index in [2.05, 4.69) is 254 Å². The van der Waals surface area contributed by atoms with Crippen LogP contribution in [-0.4, -0.2) is 0 Å². The van der Waals surface area contributed by atoms with Crippen LogP contribution in [-0.2, 0) is 0 Å². The summed E-state index contributed by atoms with van der Waals surface area (Å²) < 4.78 is 0. The number of hydrogen-bond donors (Lipinski definition) is 0. The molecular formula is C60H41N. The molecule has 0 bridgehead atoms. The van der Waals surface area contributed by atoms with Crippen LogP contribution in [0.5, 0.6) is 0 Å². The molecule has 0 aliphatic rings. The van der Waals surface area contributed by atoms with Crippen LogP contribution in [0.2, 0.25) is 0 Å². The van der Waals surface area contributed by atoms with Gasteiger partial charge < -0.3 is 4.90 Å². The van der Waals surface area contributed by atoms with Crippen LogP contribution in [0, 0.1) is 0 Å². The minimum Gasteiger partial charge on any atom is -0.310 e. The highest BCUT2D eigenvalue weighted by Gasteiger charge is 2.18. The van der Waals surface area contributed by atoms with Gasteiger partial charge in [-0.15, -0.1) is 0 Å². The SMILES string of the molecule is c1ccc(-c2ccc(N(c3ccc(-c4ccc(-c5cccc6cccc(-c7ccccc7)c56)cc4)cc3)c3ccc(-c4ccc5ccccc5c4)c4ccccc34)cc2)cc1. The lowest BCUT2D eigenvalue weighted by Gasteiger charge is -2.28. The monoisotopic (exact) mass is 775 g/mol. The third-order valence-electron chi connectivity index (χ3n) is 12.1. The summed E-state index contributed by atoms with van der Waals surface area (Å²) in [4.78, 5) is 2.40. The highest BCUT2D eigenvalue weighted by molar-refractivity contribution is 6.08. The Bertz CT molecular complexity index is 3310. The quantitative estimate of drug-likeness (QED) is 0.149. The van der Waals surface area contributed by atoms with Gasteiger partial charge in [-0.05, 0) is 119 Å². The Kier molecular flexibility index (Phi) is 9.26. The summed E-state index contributed by atoms with van der Waals surface area (Å²) in [6.07, 6.45) is 0. The average molecular weight is 776 g/mol. The van der Waals surface area contributed by atoms with E-state index >= 15 is 0 Å². The second-order valence-corrected chi connectivity index (χ2v) is 15.7. The predicted molar refractivity (Wildman–Crippen MR) is 261 cm³/mol. The van der Waals surface area contributed by atoms with Crippen LogP contribution < -0.4 is 4.90 Å². The molecule has 11 aromatic rings. The van der Waals surface area contributed by atoms with E-state index in [-0.39, 0.29) is 0 Å². The first-order valence-corrected chi connectivity index (χ1v) is 21.0. The van der Waals surface area contributed by atoms with Crippen molar-refractivity contribution in [2.24, 2.45) is 0 Å². The summed E-state index contributed by atoms with van der Waals surface area (Å²) in [6, 6.07) is 90.4. The largest absolute Gasteiger partial charge is 0.310 e. The molecule has 11 rings (SSSR count). The Morgan fingerprint density at radius 2 is 0.672 bits per heavy atom. The molecule has 0 saturated heterocycles. The van der Waals surface area contributed by atoms with Gasteiger partial charge in [-0.3, -0.25) is 0 Å². The Balaban J connectivity index is 0.978. The van der Waals surface area contributed by atoms with Crippen molar-refractivity contribution in [3.63, 3.8) is 0 Å². The molecule has 0 radical (unpaired) electrons. The smallest absolute Gasteiger partial charge is 0.0540 e. The van der Waals surface area contributed by atoms with E-state index < -0.39 is 0 Å². The molecule has 286 valence electrons. The molecule has 0 spiro atoms. The summed E-state index contributed by atoms with van der Waals surface area (Å²) in [7, 11) is 0. The zero-order valence-corrected chi connectivity index (χ0v) is 33.6. The van der Waals surface area contributed by atoms with Crippen LogP contribution in [0.15, 0.2) is 249 Å². The molecule has 11 aromatic carbocycles. The van der Waals surface area contributed by atoms with Gasteiger partial charge in [0.15, 0.2) is 0 Å². The van der Waals surface area contributed by atoms with Gasteiger partial charge in [-0.1, -0.05) is 212 Å². The fourth-order valence-electron chi connectivity index (χ4n) is 9.03. The number of benzene rings is 11. The fraction of sp³-hybridized carbons (Fsp3) is 0. The Labute approximate surface area is 357 Å². The van der Waals surface area contributed by atoms with E-state index in [9.17, 15) is 0 Å². The molecule has 0 saturated carbocycles. The van der Waals surface area contributed by atoms with Crippen molar-refractivity contribution < 1.29 is 0 Å². The van der Waals surface area contributed by atoms with E-state index in [0.717, 1.165) is 17.1 Å². The first-order chi connectivity index (χ1) is 30.2. The summed E-state index contributed by atoms with van der Waals surface area (Å²) in [5, 5.41) is 7.44. The summed E-state index contributed by atoms with van der Waals surface area (Å²) in [6.45, 7) is 0. The van der Waals surface area contributed by atoms with Crippen molar-refractivity contribution >= 4 is 49.4 Å². The molecule has 0 aromatic heterocycles. The molecule has 0 unspecified atom stereocenters. The molecule has 0 aliphatic heterocycles. The molecule has 0 N–H and O–H groups in total. The number of fused-ring (bicyclic) bond motifs is 3. The number of hydrogen-bond acceptors (Lipinski definition) is 1. The summed E-state index contributed by atoms with van der Waals surface area (Å²) in [5.41, 5.74) is 15.5. The standard InChI is InChI=1S/C60H41N/c1-3-13-42(14-4-1)45-31-35-52(36-32-45)61(59-40-39-54(57-21-9-10-22-58(57)59)51-30-27-43-15-7-8-18-50(43)41-51)53-37-33-46(34-38-53)44-25-28-48(29-26-44)56-24-12-20-49-19-11-23-55(60(49)56)47-16-5-2-6-17-47/h1-41H. The highest BCUT2D eigenvalue weighted by atomic mass is 15.1. The molecular weight excluding hydrogens is 735 g/mol. The summed E-state index contributed by atoms with van der Waals surface area (Å²) >= 11 is 0. The zero-order chi connectivity index (χ0) is 40.5. The lowest BCUT2D eigenvalue weighted by molar-refractivity contribution is 1.30. The van der Waals surface area contributed by atoms with Gasteiger partial charge in [0, 0.05) is 16.8 Å². The van der Waals surface area contributed by atoms with Gasteiger partial charge >= 0.3 is 0 Å². The van der Waals surface area contributed by atoms with Crippen molar-refractivity contribution in [1.29, 1.82) is 0 Å². The molecule has 1 heteroatoms. The van der Waals surface area contributed by atoms with Crippen LogP contribution in [0.3, 0.4) is 0 Å². The maximum Gasteiger partial charge on any atom is 0.0540 e. The third kappa shape index (κ3) is 6.83. The van der Waals surface area contributed by atoms with Gasteiger partial charge in [0.05, 0.1) is 5.69 Å². The topological polar surface area (TPSA) is 3.24 Å². The van der Waals surface area contributed by atoms with Crippen molar-refractivity contribution in [3.8, 4) is 55.6 Å². The second kappa shape index (κ2) is 15.6. The Morgan fingerprint density at radius 3 is 1.30 bits per heavy atom. The Hall–Kier alpha value is -8.00. The first-order valence-electron chi connectivity index (χ1n) is 21.0. The van der Waals surface area contributed by atoms with Gasteiger partial charge in [-0.2, -0.15) is 0 Å². The number of nitrogens with zero attached hydrogens (tertiary/aromatic N) is 1. The van der Waals surface area contributed by atoms with Crippen LogP contribution in [0.1, 0.15) is 0 Å². The predicted octanol–water partition coefficient (Wildman–Crippen LogP) is 17.0. The minimum absolute atomic E-state index is 1.10. The lowest BCUT2D eigenvalue weighted by atomic mass is 9.91. The molecule has 0 atom stereocenters. The maximum atomic E-state index is 2.40. The Morgan fingerprint density at radius 1 is 0.230 bits per heavy atom. The molecule has 0 amide bonds. The lowest BCUT2D eigenvalue weighted by Crippen LogP contribution is -2.10. The van der Waals surface area contributed by atoms with Crippen molar-refractivity contribution in [2.45, 2.75) is 0 Å². The number of rotatable bonds is 8. The highest BCUT2D eigenvalue weighted by Crippen LogP contribution is 2.44. The van der Waals surface area contributed by atoms with E-state index in [4.69, 9.17) is 0 Å². The number of anilines is 3. The van der Waals surface area contributed by atoms with Crippen molar-refractivity contribution in [3.05, 3.63) is 249 Å². The van der Waals surface area contributed by atoms with Crippen LogP contribution in [0.25, 0.3) is 88.0 Å². The van der Waals surface area contributed by atoms with Gasteiger partial charge in [0.25, 0.3) is 0 Å². The van der Waals surface area contributed by atoms with Gasteiger partial charge in [0.1, 0.15) is 0 Å². The van der Waals surface area contributed by atoms with Crippen molar-refractivity contribution in [1.82, 2.24) is 0 Å². The van der Waals surface area contributed by atoms with E-state index in [1.54, 1.807) is 0 Å². The van der Waals surface area contributed by atoms with E-state index in [0.29, 0.717) is 0 Å². The van der Waals surface area contributed by atoms with Crippen molar-refractivity contribution in [2.75, 3.05) is 4.90 Å². The van der Waals surface area contributed by atoms with Crippen LogP contribution in [0.4, 0.5) is 17.1 Å². The summed E-state index contributed by atoms with van der Waals surface area (Å²) in [5.74, 6) is 0. The molecule has 0 heterocycles. The van der Waals surface area contributed by atoms with Gasteiger partial charge in [-0.25, -0.2) is 0 Å². The second-order valence-electron chi connectivity index (χ2n) is 15.7. The maximum absolute atomic E-state index is 2.40. The molecule has 61 heavy (non-hydrogen) atoms. The normalized spacial score (nSPS) is 11.3. The third-order valence-corrected chi connectivity index (χ3v) is 12.1. The van der Waals surface area contributed by atoms with Gasteiger partial charge in [0.2, 0.25) is 0 Å². The van der Waals surface area contributed by atoms with E-state index in [1.807, 2.05) is 0 Å². The zero-order valence-electron chi connectivity index (χ0n) is 33.6. The molecule has 0 aliphatic carbocycles. The first kappa shape index (κ1) is 36.1. The van der Waals surface area contributed by atoms with E-state index in [1.165, 1.54) is 88.0 Å². The minimum atomic E-state index is 1.10. The average Bonchev–Trinajstić information content (AvgIpc) is 3.34. The fourth-order valence-corrected chi connectivity index (χ4v) is 9.03. The molecule has 0 fully saturated rings. The van der Waals surface area contributed by atoms with Crippen LogP contribution >= 0.6 is 0 Å².